The predicted molar refractivity (Wildman–Crippen MR) is 109 cm³/mol. The average Bonchev–Trinajstić information content (AvgIpc) is 3.23. The summed E-state index contributed by atoms with van der Waals surface area (Å²) < 4.78 is 20.1. The molecule has 0 spiro atoms. The van der Waals surface area contributed by atoms with Gasteiger partial charge in [-0.1, -0.05) is 66.7 Å². The van der Waals surface area contributed by atoms with Crippen LogP contribution in [-0.4, -0.2) is 35.7 Å². The van der Waals surface area contributed by atoms with Crippen LogP contribution in [-0.2, 0) is 9.30 Å². The van der Waals surface area contributed by atoms with E-state index < -0.39 is 7.14 Å². The van der Waals surface area contributed by atoms with Crippen LogP contribution in [0.1, 0.15) is 11.8 Å². The fourth-order valence-electron chi connectivity index (χ4n) is 3.58. The second-order valence-electron chi connectivity index (χ2n) is 6.68. The Morgan fingerprint density at radius 1 is 0.963 bits per heavy atom. The van der Waals surface area contributed by atoms with E-state index in [4.69, 9.17) is 4.74 Å². The molecule has 1 atom stereocenters. The maximum atomic E-state index is 14.1. The zero-order chi connectivity index (χ0) is 18.5. The standard InChI is InChI=1S/C22H23N2O2P/c25-27(20-9-3-1-4-10-20,21-11-5-2-6-12-21)17-15-24-14-16-26-22(24)19-8-7-13-23-18-19/h1-13,18,22H,14-17H2/t22-/m1/s1. The van der Waals surface area contributed by atoms with Crippen LogP contribution < -0.4 is 10.6 Å². The third-order valence-electron chi connectivity index (χ3n) is 5.00. The van der Waals surface area contributed by atoms with Crippen molar-refractivity contribution in [3.8, 4) is 0 Å². The molecule has 1 aliphatic heterocycles. The number of nitrogens with zero attached hydrogens (tertiary/aromatic N) is 2. The fraction of sp³-hybridized carbons (Fsp3) is 0.227. The van der Waals surface area contributed by atoms with E-state index in [2.05, 4.69) is 9.88 Å². The Morgan fingerprint density at radius 3 is 2.22 bits per heavy atom. The number of ether oxygens (including phenoxy) is 1. The van der Waals surface area contributed by atoms with Crippen molar-refractivity contribution in [2.75, 3.05) is 25.9 Å². The van der Waals surface area contributed by atoms with Crippen molar-refractivity contribution in [2.45, 2.75) is 6.23 Å². The van der Waals surface area contributed by atoms with E-state index in [0.717, 1.165) is 22.7 Å². The van der Waals surface area contributed by atoms with Crippen molar-refractivity contribution in [2.24, 2.45) is 0 Å². The predicted octanol–water partition coefficient (Wildman–Crippen LogP) is 3.43. The van der Waals surface area contributed by atoms with Crippen LogP contribution in [0.25, 0.3) is 0 Å². The Kier molecular flexibility index (Phi) is 5.49. The molecule has 4 nitrogen and oxygen atoms in total. The van der Waals surface area contributed by atoms with E-state index in [9.17, 15) is 4.57 Å². The molecule has 138 valence electrons. The molecule has 1 aliphatic rings. The second kappa shape index (κ2) is 8.18. The van der Waals surface area contributed by atoms with Gasteiger partial charge in [-0.25, -0.2) is 0 Å². The molecule has 0 saturated carbocycles. The van der Waals surface area contributed by atoms with Crippen LogP contribution in [0.5, 0.6) is 0 Å². The first-order chi connectivity index (χ1) is 13.3. The minimum absolute atomic E-state index is 0.112. The molecular weight excluding hydrogens is 355 g/mol. The molecule has 5 heteroatoms. The number of aromatic nitrogens is 1. The molecule has 4 rings (SSSR count). The highest BCUT2D eigenvalue weighted by Crippen LogP contribution is 2.43. The van der Waals surface area contributed by atoms with Gasteiger partial charge in [0.15, 0.2) is 0 Å². The third kappa shape index (κ3) is 3.89. The van der Waals surface area contributed by atoms with E-state index in [-0.39, 0.29) is 6.23 Å². The lowest BCUT2D eigenvalue weighted by Crippen LogP contribution is -2.30. The molecule has 0 N–H and O–H groups in total. The van der Waals surface area contributed by atoms with Gasteiger partial charge >= 0.3 is 0 Å². The molecule has 1 fully saturated rings. The summed E-state index contributed by atoms with van der Waals surface area (Å²) in [6.07, 6.45) is 4.08. The summed E-state index contributed by atoms with van der Waals surface area (Å²) in [7, 11) is -2.71. The summed E-state index contributed by atoms with van der Waals surface area (Å²) in [5.74, 6) is 0. The Balaban J connectivity index is 1.59. The molecule has 0 aliphatic carbocycles. The van der Waals surface area contributed by atoms with Crippen LogP contribution in [0.15, 0.2) is 85.2 Å². The van der Waals surface area contributed by atoms with Gasteiger partial charge in [-0.15, -0.1) is 0 Å². The number of rotatable bonds is 6. The second-order valence-corrected chi connectivity index (χ2v) is 9.64. The minimum atomic E-state index is -2.71. The molecule has 0 bridgehead atoms. The van der Waals surface area contributed by atoms with Crippen LogP contribution in [0, 0.1) is 0 Å². The van der Waals surface area contributed by atoms with Crippen molar-refractivity contribution in [1.82, 2.24) is 9.88 Å². The highest BCUT2D eigenvalue weighted by molar-refractivity contribution is 7.78. The van der Waals surface area contributed by atoms with Gasteiger partial charge in [-0.3, -0.25) is 9.88 Å². The zero-order valence-electron chi connectivity index (χ0n) is 15.1. The smallest absolute Gasteiger partial charge is 0.144 e. The zero-order valence-corrected chi connectivity index (χ0v) is 16.0. The molecule has 1 saturated heterocycles. The first-order valence-electron chi connectivity index (χ1n) is 9.23. The Morgan fingerprint density at radius 2 is 1.63 bits per heavy atom. The largest absolute Gasteiger partial charge is 0.357 e. The quantitative estimate of drug-likeness (QED) is 0.617. The summed E-state index contributed by atoms with van der Waals surface area (Å²) in [6, 6.07) is 23.6. The summed E-state index contributed by atoms with van der Waals surface area (Å²) in [5.41, 5.74) is 1.05. The molecule has 2 heterocycles. The number of hydrogen-bond donors (Lipinski definition) is 0. The van der Waals surface area contributed by atoms with E-state index in [1.807, 2.05) is 79.0 Å². The van der Waals surface area contributed by atoms with Crippen molar-refractivity contribution < 1.29 is 9.30 Å². The Labute approximate surface area is 160 Å². The topological polar surface area (TPSA) is 42.4 Å². The summed E-state index contributed by atoms with van der Waals surface area (Å²) in [6.45, 7) is 2.23. The van der Waals surface area contributed by atoms with Gasteiger partial charge in [0.05, 0.1) is 6.61 Å². The lowest BCUT2D eigenvalue weighted by molar-refractivity contribution is 0.0354. The van der Waals surface area contributed by atoms with Gasteiger partial charge in [0, 0.05) is 47.8 Å². The van der Waals surface area contributed by atoms with Gasteiger partial charge in [-0.2, -0.15) is 0 Å². The van der Waals surface area contributed by atoms with E-state index in [0.29, 0.717) is 19.3 Å². The lowest BCUT2D eigenvalue weighted by atomic mass is 10.2. The normalized spacial score (nSPS) is 17.9. The van der Waals surface area contributed by atoms with Crippen LogP contribution in [0.4, 0.5) is 0 Å². The molecule has 27 heavy (non-hydrogen) atoms. The molecule has 3 aromatic rings. The van der Waals surface area contributed by atoms with Gasteiger partial charge in [-0.05, 0) is 6.07 Å². The maximum absolute atomic E-state index is 14.1. The molecular formula is C22H23N2O2P. The van der Waals surface area contributed by atoms with E-state index in [1.165, 1.54) is 0 Å². The minimum Gasteiger partial charge on any atom is -0.357 e. The third-order valence-corrected chi connectivity index (χ3v) is 8.10. The molecule has 0 unspecified atom stereocenters. The molecule has 2 aromatic carbocycles. The maximum Gasteiger partial charge on any atom is 0.144 e. The van der Waals surface area contributed by atoms with Gasteiger partial charge in [0.2, 0.25) is 0 Å². The van der Waals surface area contributed by atoms with E-state index >= 15 is 0 Å². The molecule has 0 amide bonds. The lowest BCUT2D eigenvalue weighted by Gasteiger charge is -2.26. The number of pyridine rings is 1. The van der Waals surface area contributed by atoms with Crippen LogP contribution in [0.2, 0.25) is 0 Å². The molecule has 0 radical (unpaired) electrons. The van der Waals surface area contributed by atoms with Gasteiger partial charge in [0.25, 0.3) is 0 Å². The van der Waals surface area contributed by atoms with E-state index in [1.54, 1.807) is 6.20 Å². The van der Waals surface area contributed by atoms with Crippen molar-refractivity contribution in [3.63, 3.8) is 0 Å². The van der Waals surface area contributed by atoms with Gasteiger partial charge in [0.1, 0.15) is 13.4 Å². The molecule has 1 aromatic heterocycles. The first kappa shape index (κ1) is 18.1. The summed E-state index contributed by atoms with van der Waals surface area (Å²) >= 11 is 0. The fourth-order valence-corrected chi connectivity index (χ4v) is 6.24. The monoisotopic (exact) mass is 378 g/mol. The Hall–Kier alpha value is -2.26. The summed E-state index contributed by atoms with van der Waals surface area (Å²) in [5, 5.41) is 1.82. The first-order valence-corrected chi connectivity index (χ1v) is 11.1. The van der Waals surface area contributed by atoms with Crippen molar-refractivity contribution >= 4 is 17.8 Å². The highest BCUT2D eigenvalue weighted by atomic mass is 31.2. The average molecular weight is 378 g/mol. The van der Waals surface area contributed by atoms with Crippen LogP contribution >= 0.6 is 7.14 Å². The SMILES string of the molecule is O=P(CCN1CCO[C@@H]1c1cccnc1)(c1ccccc1)c1ccccc1. The Bertz CT molecular complexity index is 860. The van der Waals surface area contributed by atoms with Crippen molar-refractivity contribution in [1.29, 1.82) is 0 Å². The number of hydrogen-bond acceptors (Lipinski definition) is 4. The summed E-state index contributed by atoms with van der Waals surface area (Å²) in [4.78, 5) is 6.47. The van der Waals surface area contributed by atoms with Crippen molar-refractivity contribution in [3.05, 3.63) is 90.8 Å². The van der Waals surface area contributed by atoms with Crippen LogP contribution in [0.3, 0.4) is 0 Å². The highest BCUT2D eigenvalue weighted by Gasteiger charge is 2.32. The van der Waals surface area contributed by atoms with Gasteiger partial charge < -0.3 is 9.30 Å². The number of benzene rings is 2.